The first-order valence-corrected chi connectivity index (χ1v) is 11.9. The second-order valence-electron chi connectivity index (χ2n) is 8.93. The van der Waals surface area contributed by atoms with Gasteiger partial charge in [0.1, 0.15) is 23.6 Å². The molecule has 0 aliphatic carbocycles. The molecule has 40 heavy (non-hydrogen) atoms. The lowest BCUT2D eigenvalue weighted by Crippen LogP contribution is -2.16. The zero-order valence-electron chi connectivity index (χ0n) is 20.8. The second-order valence-corrected chi connectivity index (χ2v) is 8.93. The highest BCUT2D eigenvalue weighted by molar-refractivity contribution is 6.00. The maximum Gasteiger partial charge on any atom is 0.417 e. The van der Waals surface area contributed by atoms with Crippen LogP contribution in [-0.2, 0) is 19.3 Å². The Hall–Kier alpha value is -5.00. The van der Waals surface area contributed by atoms with Gasteiger partial charge < -0.3 is 21.4 Å². The maximum absolute atomic E-state index is 13.5. The van der Waals surface area contributed by atoms with Crippen LogP contribution < -0.4 is 16.4 Å². The van der Waals surface area contributed by atoms with E-state index in [1.54, 1.807) is 6.20 Å². The molecule has 0 atom stereocenters. The van der Waals surface area contributed by atoms with E-state index in [4.69, 9.17) is 5.73 Å². The van der Waals surface area contributed by atoms with Crippen LogP contribution in [0.15, 0.2) is 73.8 Å². The van der Waals surface area contributed by atoms with Gasteiger partial charge in [-0.15, -0.1) is 0 Å². The summed E-state index contributed by atoms with van der Waals surface area (Å²) in [7, 11) is 0. The molecule has 0 saturated heterocycles. The monoisotopic (exact) mass is 551 g/mol. The molecule has 204 valence electrons. The lowest BCUT2D eigenvalue weighted by molar-refractivity contribution is -0.137. The molecule has 0 spiro atoms. The van der Waals surface area contributed by atoms with E-state index in [1.807, 2.05) is 24.3 Å². The minimum Gasteiger partial charge on any atom is -0.383 e. The fourth-order valence-corrected chi connectivity index (χ4v) is 4.15. The van der Waals surface area contributed by atoms with Gasteiger partial charge in [0.2, 0.25) is 0 Å². The minimum atomic E-state index is -4.62. The van der Waals surface area contributed by atoms with E-state index in [1.165, 1.54) is 12.4 Å². The van der Waals surface area contributed by atoms with Crippen LogP contribution in [0.4, 0.5) is 33.6 Å². The van der Waals surface area contributed by atoms with Crippen LogP contribution in [-0.4, -0.2) is 19.9 Å². The van der Waals surface area contributed by atoms with Gasteiger partial charge in [-0.05, 0) is 34.9 Å². The Labute approximate surface area is 225 Å². The highest BCUT2D eigenvalue weighted by atomic mass is 19.4. The number of hydrogen-bond acceptors (Lipinski definition) is 6. The van der Waals surface area contributed by atoms with Gasteiger partial charge in [0.05, 0.1) is 10.9 Å². The van der Waals surface area contributed by atoms with E-state index < -0.39 is 23.4 Å². The molecule has 0 bridgehead atoms. The van der Waals surface area contributed by atoms with Crippen molar-refractivity contribution in [1.82, 2.24) is 25.3 Å². The van der Waals surface area contributed by atoms with Gasteiger partial charge >= 0.3 is 6.18 Å². The molecular weight excluding hydrogens is 529 g/mol. The summed E-state index contributed by atoms with van der Waals surface area (Å²) in [6.07, 6.45) is -0.711. The molecule has 5 aromatic rings. The van der Waals surface area contributed by atoms with E-state index in [2.05, 4.69) is 37.1 Å². The molecule has 0 saturated carbocycles. The first-order valence-electron chi connectivity index (χ1n) is 11.9. The highest BCUT2D eigenvalue weighted by Crippen LogP contribution is 2.33. The van der Waals surface area contributed by atoms with Gasteiger partial charge in [0.25, 0.3) is 0 Å². The molecule has 0 amide bonds. The first-order chi connectivity index (χ1) is 19.1. The average Bonchev–Trinajstić information content (AvgIpc) is 3.38. The number of halogens is 5. The number of aromatic nitrogens is 4. The van der Waals surface area contributed by atoms with Crippen LogP contribution in [0.25, 0.3) is 27.9 Å². The van der Waals surface area contributed by atoms with Gasteiger partial charge in [-0.2, -0.15) is 13.2 Å². The predicted molar refractivity (Wildman–Crippen MR) is 143 cm³/mol. The van der Waals surface area contributed by atoms with Crippen LogP contribution in [0.2, 0.25) is 0 Å². The first kappa shape index (κ1) is 26.6. The summed E-state index contributed by atoms with van der Waals surface area (Å²) in [6.45, 7) is 4.10. The molecular formula is C28H22F5N7. The maximum atomic E-state index is 13.5. The number of nitrogens with zero attached hydrogens (tertiary/aromatic N) is 3. The molecule has 5 rings (SSSR count). The lowest BCUT2D eigenvalue weighted by Gasteiger charge is -2.17. The van der Waals surface area contributed by atoms with Crippen LogP contribution in [0.3, 0.4) is 0 Å². The second kappa shape index (κ2) is 10.6. The number of aromatic amines is 1. The number of H-pyrrole nitrogens is 1. The van der Waals surface area contributed by atoms with Crippen molar-refractivity contribution in [2.45, 2.75) is 19.3 Å². The number of anilines is 2. The van der Waals surface area contributed by atoms with Gasteiger partial charge in [-0.3, -0.25) is 0 Å². The third kappa shape index (κ3) is 5.55. The standard InChI is InChI=1S/C28H22F5N7/c1-15(35-11-17-4-7-22(29)23(30)8-17)20-9-19(28(31,32)33)12-37-26(20)36-10-16-2-5-18(6-3-16)21-13-38-27-24(21)25(34)39-14-40-27/h2-9,12-14,35H,1,10-11H2,(H,36,37)(H3,34,38,39,40). The Morgan fingerprint density at radius 3 is 2.40 bits per heavy atom. The summed E-state index contributed by atoms with van der Waals surface area (Å²) in [6, 6.07) is 11.8. The number of fused-ring (bicyclic) bond motifs is 1. The summed E-state index contributed by atoms with van der Waals surface area (Å²) in [5.74, 6) is -1.50. The molecule has 2 aromatic carbocycles. The summed E-state index contributed by atoms with van der Waals surface area (Å²) < 4.78 is 67.0. The van der Waals surface area contributed by atoms with Crippen LogP contribution in [0.1, 0.15) is 22.3 Å². The van der Waals surface area contributed by atoms with Crippen LogP contribution >= 0.6 is 0 Å². The minimum absolute atomic E-state index is 0.0105. The van der Waals surface area contributed by atoms with Gasteiger partial charge in [-0.1, -0.05) is 36.9 Å². The Morgan fingerprint density at radius 2 is 1.68 bits per heavy atom. The highest BCUT2D eigenvalue weighted by Gasteiger charge is 2.32. The van der Waals surface area contributed by atoms with Gasteiger partial charge in [0.15, 0.2) is 11.6 Å². The van der Waals surface area contributed by atoms with Crippen molar-refractivity contribution in [2.24, 2.45) is 0 Å². The molecule has 0 aliphatic heterocycles. The van der Waals surface area contributed by atoms with Crippen molar-refractivity contribution < 1.29 is 22.0 Å². The quantitative estimate of drug-likeness (QED) is 0.170. The van der Waals surface area contributed by atoms with Gasteiger partial charge in [-0.25, -0.2) is 23.7 Å². The van der Waals surface area contributed by atoms with Crippen LogP contribution in [0, 0.1) is 11.6 Å². The van der Waals surface area contributed by atoms with Gasteiger partial charge in [0, 0.05) is 42.3 Å². The van der Waals surface area contributed by atoms with E-state index in [-0.39, 0.29) is 30.2 Å². The van der Waals surface area contributed by atoms with Crippen molar-refractivity contribution in [3.8, 4) is 11.1 Å². The zero-order chi connectivity index (χ0) is 28.4. The Morgan fingerprint density at radius 1 is 0.925 bits per heavy atom. The largest absolute Gasteiger partial charge is 0.417 e. The molecule has 0 aliphatic rings. The molecule has 3 aromatic heterocycles. The Balaban J connectivity index is 1.34. The smallest absolute Gasteiger partial charge is 0.383 e. The van der Waals surface area contributed by atoms with E-state index >= 15 is 0 Å². The number of rotatable bonds is 8. The van der Waals surface area contributed by atoms with Crippen molar-refractivity contribution in [3.05, 3.63) is 108 Å². The summed E-state index contributed by atoms with van der Waals surface area (Å²) in [5, 5.41) is 6.64. The number of hydrogen-bond donors (Lipinski definition) is 4. The van der Waals surface area contributed by atoms with E-state index in [0.717, 1.165) is 41.1 Å². The fourth-order valence-electron chi connectivity index (χ4n) is 4.15. The number of nitrogen functional groups attached to an aromatic ring is 1. The fraction of sp³-hybridized carbons (Fsp3) is 0.107. The number of alkyl halides is 3. The molecule has 3 heterocycles. The Bertz CT molecular complexity index is 1690. The SMILES string of the molecule is C=C(NCc1ccc(F)c(F)c1)c1cc(C(F)(F)F)cnc1NCc1ccc(-c2c[nH]c3ncnc(N)c23)cc1. The molecule has 0 unspecified atom stereocenters. The zero-order valence-corrected chi connectivity index (χ0v) is 20.8. The van der Waals surface area contributed by atoms with Crippen molar-refractivity contribution in [3.63, 3.8) is 0 Å². The predicted octanol–water partition coefficient (Wildman–Crippen LogP) is 6.27. The average molecular weight is 552 g/mol. The van der Waals surface area contributed by atoms with E-state index in [9.17, 15) is 22.0 Å². The normalized spacial score (nSPS) is 11.5. The van der Waals surface area contributed by atoms with E-state index in [0.29, 0.717) is 22.4 Å². The number of nitrogens with one attached hydrogen (secondary N) is 3. The molecule has 0 radical (unpaired) electrons. The molecule has 0 fully saturated rings. The Kier molecular flexibility index (Phi) is 7.07. The summed E-state index contributed by atoms with van der Waals surface area (Å²) >= 11 is 0. The molecule has 12 heteroatoms. The summed E-state index contributed by atoms with van der Waals surface area (Å²) in [5.41, 5.74) is 8.83. The lowest BCUT2D eigenvalue weighted by atomic mass is 10.0. The molecule has 5 N–H and O–H groups in total. The summed E-state index contributed by atoms with van der Waals surface area (Å²) in [4.78, 5) is 15.3. The third-order valence-corrected chi connectivity index (χ3v) is 6.25. The van der Waals surface area contributed by atoms with Crippen molar-refractivity contribution >= 4 is 28.4 Å². The number of benzene rings is 2. The van der Waals surface area contributed by atoms with Crippen molar-refractivity contribution in [1.29, 1.82) is 0 Å². The molecule has 7 nitrogen and oxygen atoms in total. The number of pyridine rings is 1. The topological polar surface area (TPSA) is 105 Å². The third-order valence-electron chi connectivity index (χ3n) is 6.25. The van der Waals surface area contributed by atoms with Crippen LogP contribution in [0.5, 0.6) is 0 Å². The van der Waals surface area contributed by atoms with Crippen molar-refractivity contribution in [2.75, 3.05) is 11.1 Å². The number of nitrogens with two attached hydrogens (primary N) is 1.